The second kappa shape index (κ2) is 8.63. The van der Waals surface area contributed by atoms with Crippen molar-refractivity contribution in [3.8, 4) is 0 Å². The number of hydrogen-bond donors (Lipinski definition) is 0. The van der Waals surface area contributed by atoms with Gasteiger partial charge in [0.1, 0.15) is 0 Å². The predicted molar refractivity (Wildman–Crippen MR) is 79.7 cm³/mol. The van der Waals surface area contributed by atoms with Crippen LogP contribution in [0.15, 0.2) is 0 Å². The molecule has 1 unspecified atom stereocenters. The third kappa shape index (κ3) is 8.54. The van der Waals surface area contributed by atoms with Gasteiger partial charge in [0.25, 0.3) is 0 Å². The molecular formula is C16H32O4. The average Bonchev–Trinajstić information content (AvgIpc) is 2.36. The van der Waals surface area contributed by atoms with Gasteiger partial charge in [-0.25, -0.2) is 4.79 Å². The summed E-state index contributed by atoms with van der Waals surface area (Å²) in [4.78, 5) is 21.3. The van der Waals surface area contributed by atoms with Gasteiger partial charge in [0.15, 0.2) is 0 Å². The van der Waals surface area contributed by atoms with Crippen molar-refractivity contribution < 1.29 is 19.6 Å². The second-order valence-corrected chi connectivity index (χ2v) is 6.92. The van der Waals surface area contributed by atoms with Gasteiger partial charge in [0, 0.05) is 0 Å². The van der Waals surface area contributed by atoms with Crippen molar-refractivity contribution >= 4 is 5.97 Å². The Morgan fingerprint density at radius 1 is 1.05 bits per heavy atom. The van der Waals surface area contributed by atoms with Gasteiger partial charge in [0.2, 0.25) is 0 Å². The van der Waals surface area contributed by atoms with Crippen molar-refractivity contribution in [2.24, 2.45) is 11.3 Å². The minimum atomic E-state index is -0.493. The molecule has 0 saturated carbocycles. The first kappa shape index (κ1) is 19.4. The molecule has 20 heavy (non-hydrogen) atoms. The normalized spacial score (nSPS) is 14.2. The quantitative estimate of drug-likeness (QED) is 0.450. The fourth-order valence-electron chi connectivity index (χ4n) is 2.02. The summed E-state index contributed by atoms with van der Waals surface area (Å²) in [7, 11) is 0. The number of hydrogen-bond acceptors (Lipinski definition) is 4. The molecule has 4 nitrogen and oxygen atoms in total. The van der Waals surface area contributed by atoms with Gasteiger partial charge in [0.05, 0.1) is 12.0 Å². The van der Waals surface area contributed by atoms with Crippen molar-refractivity contribution in [3.63, 3.8) is 0 Å². The van der Waals surface area contributed by atoms with Crippen LogP contribution in [-0.2, 0) is 19.6 Å². The van der Waals surface area contributed by atoms with Gasteiger partial charge in [-0.3, -0.25) is 4.89 Å². The Kier molecular flexibility index (Phi) is 8.36. The summed E-state index contributed by atoms with van der Waals surface area (Å²) in [5, 5.41) is 4.54. The average molecular weight is 288 g/mol. The largest absolute Gasteiger partial charge is 0.345 e. The van der Waals surface area contributed by atoms with E-state index < -0.39 is 5.60 Å². The molecule has 0 bridgehead atoms. The van der Waals surface area contributed by atoms with Crippen LogP contribution in [0.3, 0.4) is 0 Å². The Labute approximate surface area is 124 Å². The molecule has 0 spiro atoms. The highest BCUT2D eigenvalue weighted by molar-refractivity contribution is 5.68. The molecule has 0 aliphatic rings. The van der Waals surface area contributed by atoms with E-state index in [9.17, 15) is 4.79 Å². The van der Waals surface area contributed by atoms with Crippen LogP contribution in [0.5, 0.6) is 0 Å². The lowest BCUT2D eigenvalue weighted by Crippen LogP contribution is -2.23. The maximum atomic E-state index is 11.7. The van der Waals surface area contributed by atoms with Gasteiger partial charge in [-0.2, -0.15) is 4.89 Å². The molecule has 4 heteroatoms. The van der Waals surface area contributed by atoms with E-state index in [2.05, 4.69) is 37.6 Å². The van der Waals surface area contributed by atoms with E-state index >= 15 is 0 Å². The van der Waals surface area contributed by atoms with Crippen LogP contribution in [0.25, 0.3) is 0 Å². The maximum Gasteiger partial charge on any atom is 0.345 e. The minimum Gasteiger partial charge on any atom is -0.269 e. The Balaban J connectivity index is 4.19. The first-order chi connectivity index (χ1) is 9.15. The van der Waals surface area contributed by atoms with Crippen molar-refractivity contribution in [2.45, 2.75) is 86.2 Å². The van der Waals surface area contributed by atoms with Gasteiger partial charge < -0.3 is 0 Å². The summed E-state index contributed by atoms with van der Waals surface area (Å²) in [6, 6.07) is 0. The van der Waals surface area contributed by atoms with Gasteiger partial charge in [-0.1, -0.05) is 47.0 Å². The topological polar surface area (TPSA) is 44.8 Å². The number of rotatable bonds is 9. The third-order valence-electron chi connectivity index (χ3n) is 3.93. The monoisotopic (exact) mass is 288 g/mol. The molecule has 0 N–H and O–H groups in total. The molecule has 0 radical (unpaired) electrons. The summed E-state index contributed by atoms with van der Waals surface area (Å²) >= 11 is 0. The van der Waals surface area contributed by atoms with E-state index in [0.29, 0.717) is 17.8 Å². The predicted octanol–water partition coefficient (Wildman–Crippen LogP) is 4.82. The van der Waals surface area contributed by atoms with E-state index in [1.54, 1.807) is 0 Å². The summed E-state index contributed by atoms with van der Waals surface area (Å²) in [5.74, 6) is -0.0405. The van der Waals surface area contributed by atoms with E-state index in [4.69, 9.17) is 4.89 Å². The van der Waals surface area contributed by atoms with Crippen molar-refractivity contribution in [1.82, 2.24) is 0 Å². The van der Waals surface area contributed by atoms with Crippen LogP contribution in [-0.4, -0.2) is 11.6 Å². The zero-order valence-electron chi connectivity index (χ0n) is 14.2. The van der Waals surface area contributed by atoms with E-state index in [-0.39, 0.29) is 5.97 Å². The van der Waals surface area contributed by atoms with E-state index in [1.165, 1.54) is 0 Å². The first-order valence-electron chi connectivity index (χ1n) is 7.71. The van der Waals surface area contributed by atoms with Gasteiger partial charge >= 0.3 is 5.97 Å². The fraction of sp³-hybridized carbons (Fsp3) is 0.938. The molecule has 0 amide bonds. The molecule has 0 aliphatic heterocycles. The highest BCUT2D eigenvalue weighted by Gasteiger charge is 2.26. The molecule has 0 saturated heterocycles. The molecule has 0 heterocycles. The van der Waals surface area contributed by atoms with Crippen LogP contribution in [0.4, 0.5) is 0 Å². The van der Waals surface area contributed by atoms with Crippen LogP contribution in [0.2, 0.25) is 0 Å². The SMILES string of the molecule is CCC(CC(=O)OOOC(C)(C)C)CC(C)(CC)CC. The molecule has 120 valence electrons. The molecule has 0 aromatic rings. The van der Waals surface area contributed by atoms with E-state index in [0.717, 1.165) is 25.7 Å². The summed E-state index contributed by atoms with van der Waals surface area (Å²) < 4.78 is 0. The zero-order valence-corrected chi connectivity index (χ0v) is 14.2. The highest BCUT2D eigenvalue weighted by atomic mass is 17.5. The van der Waals surface area contributed by atoms with Crippen molar-refractivity contribution in [3.05, 3.63) is 0 Å². The molecule has 0 aliphatic carbocycles. The lowest BCUT2D eigenvalue weighted by molar-refractivity contribution is -0.514. The van der Waals surface area contributed by atoms with Crippen molar-refractivity contribution in [2.75, 3.05) is 0 Å². The van der Waals surface area contributed by atoms with E-state index in [1.807, 2.05) is 20.8 Å². The Hall–Kier alpha value is -0.610. The third-order valence-corrected chi connectivity index (χ3v) is 3.93. The number of carbonyl (C=O) groups excluding carboxylic acids is 1. The second-order valence-electron chi connectivity index (χ2n) is 6.92. The maximum absolute atomic E-state index is 11.7. The molecule has 0 aromatic heterocycles. The lowest BCUT2D eigenvalue weighted by atomic mass is 9.75. The standard InChI is InChI=1S/C16H32O4/c1-8-13(12-16(7,9-2)10-3)11-14(17)18-20-19-15(4,5)6/h13H,8-12H2,1-7H3. The fourth-order valence-corrected chi connectivity index (χ4v) is 2.02. The summed E-state index contributed by atoms with van der Waals surface area (Å²) in [6.45, 7) is 14.3. The molecule has 0 aromatic carbocycles. The number of carbonyl (C=O) groups is 1. The van der Waals surface area contributed by atoms with Crippen LogP contribution < -0.4 is 0 Å². The minimum absolute atomic E-state index is 0.295. The summed E-state index contributed by atoms with van der Waals surface area (Å²) in [6.07, 6.45) is 4.62. The van der Waals surface area contributed by atoms with Crippen LogP contribution >= 0.6 is 0 Å². The van der Waals surface area contributed by atoms with Gasteiger partial charge in [-0.15, -0.1) is 0 Å². The Bertz CT molecular complexity index is 277. The molecular weight excluding hydrogens is 256 g/mol. The molecule has 0 rings (SSSR count). The molecule has 1 atom stereocenters. The lowest BCUT2D eigenvalue weighted by Gasteiger charge is -2.30. The Morgan fingerprint density at radius 3 is 2.00 bits per heavy atom. The van der Waals surface area contributed by atoms with Crippen LogP contribution in [0.1, 0.15) is 80.6 Å². The smallest absolute Gasteiger partial charge is 0.269 e. The van der Waals surface area contributed by atoms with Crippen LogP contribution in [0, 0.1) is 11.3 Å². The first-order valence-corrected chi connectivity index (χ1v) is 7.71. The Morgan fingerprint density at radius 2 is 1.60 bits per heavy atom. The van der Waals surface area contributed by atoms with Crippen molar-refractivity contribution in [1.29, 1.82) is 0 Å². The zero-order chi connectivity index (χ0) is 15.8. The molecule has 0 fully saturated rings. The van der Waals surface area contributed by atoms with Gasteiger partial charge in [-0.05, 0) is 43.6 Å². The summed E-state index contributed by atoms with van der Waals surface area (Å²) in [5.41, 5.74) is -0.197. The highest BCUT2D eigenvalue weighted by Crippen LogP contribution is 2.35.